The van der Waals surface area contributed by atoms with Crippen molar-refractivity contribution in [3.63, 3.8) is 0 Å². The van der Waals surface area contributed by atoms with E-state index in [-0.39, 0.29) is 5.65 Å². The molecule has 106 valence electrons. The second-order valence-corrected chi connectivity index (χ2v) is 4.62. The summed E-state index contributed by atoms with van der Waals surface area (Å²) in [5.41, 5.74) is 1.51. The summed E-state index contributed by atoms with van der Waals surface area (Å²) < 4.78 is 0.557. The Morgan fingerprint density at radius 1 is 1.24 bits per heavy atom. The van der Waals surface area contributed by atoms with Crippen molar-refractivity contribution in [2.75, 3.05) is 11.9 Å². The molecule has 0 bridgehead atoms. The van der Waals surface area contributed by atoms with E-state index in [1.807, 2.05) is 18.3 Å². The first kappa shape index (κ1) is 13.1. The van der Waals surface area contributed by atoms with Gasteiger partial charge in [-0.3, -0.25) is 9.78 Å². The number of aromatic nitrogens is 3. The van der Waals surface area contributed by atoms with Crippen molar-refractivity contribution in [2.24, 2.45) is 0 Å². The highest BCUT2D eigenvalue weighted by Crippen LogP contribution is 2.18. The molecule has 21 heavy (non-hydrogen) atoms. The van der Waals surface area contributed by atoms with E-state index >= 15 is 0 Å². The summed E-state index contributed by atoms with van der Waals surface area (Å²) in [6.45, 7) is 0.657. The molecule has 3 heterocycles. The smallest absolute Gasteiger partial charge is 0.286 e. The van der Waals surface area contributed by atoms with Gasteiger partial charge in [0.25, 0.3) is 5.56 Å². The Morgan fingerprint density at radius 2 is 2.10 bits per heavy atom. The Hall–Kier alpha value is -2.89. The fraction of sp³-hybridized carbons (Fsp3) is 0.133. The summed E-state index contributed by atoms with van der Waals surface area (Å²) in [5.74, 6) is 0. The third kappa shape index (κ3) is 2.69. The second kappa shape index (κ2) is 5.62. The van der Waals surface area contributed by atoms with Crippen molar-refractivity contribution < 1.29 is 5.21 Å². The van der Waals surface area contributed by atoms with Crippen LogP contribution in [0.5, 0.6) is 0 Å². The van der Waals surface area contributed by atoms with Gasteiger partial charge >= 0.3 is 0 Å². The first-order valence-electron chi connectivity index (χ1n) is 6.58. The van der Waals surface area contributed by atoms with Crippen molar-refractivity contribution in [2.45, 2.75) is 6.42 Å². The summed E-state index contributed by atoms with van der Waals surface area (Å²) in [6.07, 6.45) is 5.87. The van der Waals surface area contributed by atoms with Gasteiger partial charge in [0.05, 0.1) is 5.69 Å². The van der Waals surface area contributed by atoms with Crippen molar-refractivity contribution in [1.82, 2.24) is 14.7 Å². The minimum absolute atomic E-state index is 0.244. The van der Waals surface area contributed by atoms with E-state index in [1.165, 1.54) is 12.3 Å². The van der Waals surface area contributed by atoms with Crippen LogP contribution in [0.15, 0.2) is 53.7 Å². The average molecular weight is 282 g/mol. The molecule has 0 amide bonds. The van der Waals surface area contributed by atoms with Gasteiger partial charge in [0.15, 0.2) is 5.65 Å². The lowest BCUT2D eigenvalue weighted by atomic mass is 10.2. The first-order valence-corrected chi connectivity index (χ1v) is 6.58. The highest BCUT2D eigenvalue weighted by atomic mass is 16.5. The molecule has 6 heteroatoms. The van der Waals surface area contributed by atoms with E-state index in [2.05, 4.69) is 15.3 Å². The van der Waals surface area contributed by atoms with Gasteiger partial charge in [0.2, 0.25) is 0 Å². The fourth-order valence-electron chi connectivity index (χ4n) is 2.18. The molecule has 0 saturated heterocycles. The summed E-state index contributed by atoms with van der Waals surface area (Å²) in [5, 5.41) is 13.6. The third-order valence-electron chi connectivity index (χ3n) is 3.21. The molecule has 0 spiro atoms. The van der Waals surface area contributed by atoms with Gasteiger partial charge in [-0.15, -0.1) is 4.73 Å². The number of nitrogens with one attached hydrogen (secondary N) is 1. The average Bonchev–Trinajstić information content (AvgIpc) is 2.53. The second-order valence-electron chi connectivity index (χ2n) is 4.62. The van der Waals surface area contributed by atoms with E-state index < -0.39 is 5.56 Å². The molecule has 0 atom stereocenters. The van der Waals surface area contributed by atoms with Crippen LogP contribution in [0.3, 0.4) is 0 Å². The van der Waals surface area contributed by atoms with Gasteiger partial charge in [-0.05, 0) is 30.2 Å². The summed E-state index contributed by atoms with van der Waals surface area (Å²) >= 11 is 0. The van der Waals surface area contributed by atoms with Crippen LogP contribution in [-0.2, 0) is 6.42 Å². The number of hydrogen-bond donors (Lipinski definition) is 2. The lowest BCUT2D eigenvalue weighted by Crippen LogP contribution is -2.19. The SMILES string of the molecule is O=c1cc(NCCc2cccnc2)c2cccnc2n1O. The molecule has 3 rings (SSSR count). The lowest BCUT2D eigenvalue weighted by molar-refractivity contribution is 0.187. The Labute approximate surface area is 120 Å². The number of pyridine rings is 3. The fourth-order valence-corrected chi connectivity index (χ4v) is 2.18. The van der Waals surface area contributed by atoms with E-state index in [1.54, 1.807) is 18.3 Å². The van der Waals surface area contributed by atoms with E-state index in [0.717, 1.165) is 12.0 Å². The quantitative estimate of drug-likeness (QED) is 0.712. The molecule has 0 aliphatic rings. The topological polar surface area (TPSA) is 80.0 Å². The standard InChI is InChI=1S/C15H14N4O2/c20-14-9-13(12-4-2-7-18-15(12)19(14)21)17-8-5-11-3-1-6-16-10-11/h1-4,6-7,9-10,17,21H,5,8H2. The van der Waals surface area contributed by atoms with Crippen molar-refractivity contribution in [3.8, 4) is 0 Å². The molecule has 0 aromatic carbocycles. The Morgan fingerprint density at radius 3 is 2.90 bits per heavy atom. The van der Waals surface area contributed by atoms with Crippen LogP contribution >= 0.6 is 0 Å². The third-order valence-corrected chi connectivity index (χ3v) is 3.21. The minimum atomic E-state index is -0.509. The van der Waals surface area contributed by atoms with Crippen LogP contribution in [0, 0.1) is 0 Å². The van der Waals surface area contributed by atoms with Crippen LogP contribution in [0.4, 0.5) is 5.69 Å². The Bertz CT molecular complexity index is 815. The number of hydrogen-bond acceptors (Lipinski definition) is 5. The predicted octanol–water partition coefficient (Wildman–Crippen LogP) is 1.68. The molecule has 0 saturated carbocycles. The van der Waals surface area contributed by atoms with Gasteiger partial charge in [-0.2, -0.15) is 0 Å². The molecular weight excluding hydrogens is 268 g/mol. The van der Waals surface area contributed by atoms with Gasteiger partial charge in [-0.25, -0.2) is 4.98 Å². The molecule has 3 aromatic heterocycles. The maximum absolute atomic E-state index is 11.7. The van der Waals surface area contributed by atoms with Crippen LogP contribution in [0.2, 0.25) is 0 Å². The monoisotopic (exact) mass is 282 g/mol. The van der Waals surface area contributed by atoms with E-state index in [4.69, 9.17) is 0 Å². The largest absolute Gasteiger partial charge is 0.423 e. The molecule has 0 aliphatic heterocycles. The molecule has 0 unspecified atom stereocenters. The summed E-state index contributed by atoms with van der Waals surface area (Å²) in [6, 6.07) is 8.83. The predicted molar refractivity (Wildman–Crippen MR) is 79.6 cm³/mol. The summed E-state index contributed by atoms with van der Waals surface area (Å²) in [7, 11) is 0. The maximum Gasteiger partial charge on any atom is 0.286 e. The van der Waals surface area contributed by atoms with Crippen LogP contribution in [0.1, 0.15) is 5.56 Å². The minimum Gasteiger partial charge on any atom is -0.423 e. The number of anilines is 1. The molecule has 0 radical (unpaired) electrons. The van der Waals surface area contributed by atoms with Crippen molar-refractivity contribution in [1.29, 1.82) is 0 Å². The number of nitrogens with zero attached hydrogens (tertiary/aromatic N) is 3. The molecule has 2 N–H and O–H groups in total. The van der Waals surface area contributed by atoms with E-state index in [0.29, 0.717) is 22.3 Å². The highest BCUT2D eigenvalue weighted by Gasteiger charge is 2.08. The lowest BCUT2D eigenvalue weighted by Gasteiger charge is -2.10. The molecule has 6 nitrogen and oxygen atoms in total. The molecule has 3 aromatic rings. The Kier molecular flexibility index (Phi) is 3.51. The molecular formula is C15H14N4O2. The first-order chi connectivity index (χ1) is 10.3. The van der Waals surface area contributed by atoms with Crippen molar-refractivity contribution in [3.05, 3.63) is 64.8 Å². The normalized spacial score (nSPS) is 10.7. The van der Waals surface area contributed by atoms with Gasteiger partial charge in [0.1, 0.15) is 0 Å². The molecule has 0 fully saturated rings. The zero-order valence-electron chi connectivity index (χ0n) is 11.2. The zero-order chi connectivity index (χ0) is 14.7. The van der Waals surface area contributed by atoms with E-state index in [9.17, 15) is 10.0 Å². The number of fused-ring (bicyclic) bond motifs is 1. The van der Waals surface area contributed by atoms with Crippen LogP contribution < -0.4 is 10.9 Å². The van der Waals surface area contributed by atoms with Gasteiger partial charge < -0.3 is 10.5 Å². The molecule has 0 aliphatic carbocycles. The van der Waals surface area contributed by atoms with Crippen LogP contribution in [-0.4, -0.2) is 26.5 Å². The van der Waals surface area contributed by atoms with Crippen molar-refractivity contribution >= 4 is 16.7 Å². The van der Waals surface area contributed by atoms with Gasteiger partial charge in [-0.1, -0.05) is 6.07 Å². The zero-order valence-corrected chi connectivity index (χ0v) is 11.2. The van der Waals surface area contributed by atoms with Gasteiger partial charge in [0, 0.05) is 36.6 Å². The maximum atomic E-state index is 11.7. The highest BCUT2D eigenvalue weighted by molar-refractivity contribution is 5.88. The Balaban J connectivity index is 1.84. The summed E-state index contributed by atoms with van der Waals surface area (Å²) in [4.78, 5) is 19.8. The number of rotatable bonds is 4. The van der Waals surface area contributed by atoms with Crippen LogP contribution in [0.25, 0.3) is 11.0 Å².